The molecule has 0 radical (unpaired) electrons. The molecule has 0 atom stereocenters. The molecule has 0 saturated carbocycles. The number of hydrogen-bond donors (Lipinski definition) is 1. The van der Waals surface area contributed by atoms with Crippen LogP contribution in [-0.4, -0.2) is 27.3 Å². The summed E-state index contributed by atoms with van der Waals surface area (Å²) >= 11 is 6.12. The summed E-state index contributed by atoms with van der Waals surface area (Å²) in [6.07, 6.45) is 1.56. The van der Waals surface area contributed by atoms with Gasteiger partial charge in [-0.1, -0.05) is 23.7 Å². The van der Waals surface area contributed by atoms with Crippen molar-refractivity contribution >= 4 is 23.4 Å². The largest absolute Gasteiger partial charge is 0.274 e. The second-order valence-corrected chi connectivity index (χ2v) is 6.83. The van der Waals surface area contributed by atoms with Crippen LogP contribution in [0.4, 0.5) is 0 Å². The number of hydrogen-bond acceptors (Lipinski definition) is 3. The molecule has 0 bridgehead atoms. The van der Waals surface area contributed by atoms with E-state index < -0.39 is 5.54 Å². The fraction of sp³-hybridized carbons (Fsp3) is 0.278. The minimum Gasteiger partial charge on any atom is -0.267 e. The van der Waals surface area contributed by atoms with E-state index in [9.17, 15) is 9.59 Å². The number of nitrogens with one attached hydrogen (secondary N) is 1. The van der Waals surface area contributed by atoms with Gasteiger partial charge in [-0.05, 0) is 52.0 Å². The van der Waals surface area contributed by atoms with Crippen LogP contribution in [0.2, 0.25) is 5.02 Å². The first-order valence-corrected chi connectivity index (χ1v) is 7.90. The Balaban J connectivity index is 2.32. The number of pyridine rings is 1. The molecule has 1 N–H and O–H groups in total. The van der Waals surface area contributed by atoms with E-state index in [-0.39, 0.29) is 11.8 Å². The minimum atomic E-state index is -0.631. The Bertz CT molecular complexity index is 769. The predicted octanol–water partition coefficient (Wildman–Crippen LogP) is 3.63. The Morgan fingerprint density at radius 1 is 1.17 bits per heavy atom. The van der Waals surface area contributed by atoms with Crippen LogP contribution in [0.15, 0.2) is 42.6 Å². The fourth-order valence-electron chi connectivity index (χ4n) is 2.13. The summed E-state index contributed by atoms with van der Waals surface area (Å²) in [6, 6.07) is 10.0. The van der Waals surface area contributed by atoms with Gasteiger partial charge in [0.05, 0.1) is 16.1 Å². The third-order valence-electron chi connectivity index (χ3n) is 3.35. The summed E-state index contributed by atoms with van der Waals surface area (Å²) in [7, 11) is 0. The number of aryl methyl sites for hydroxylation is 1. The van der Waals surface area contributed by atoms with Crippen LogP contribution < -0.4 is 5.43 Å². The van der Waals surface area contributed by atoms with Gasteiger partial charge in [0.2, 0.25) is 0 Å². The number of nitrogens with zero attached hydrogens (tertiary/aromatic N) is 2. The van der Waals surface area contributed by atoms with E-state index in [0.717, 1.165) is 5.69 Å². The van der Waals surface area contributed by atoms with Gasteiger partial charge in [0.1, 0.15) is 0 Å². The number of benzene rings is 1. The molecule has 0 aliphatic rings. The summed E-state index contributed by atoms with van der Waals surface area (Å²) in [4.78, 5) is 29.4. The molecule has 1 aromatic heterocycles. The molecule has 1 heterocycles. The Labute approximate surface area is 146 Å². The van der Waals surface area contributed by atoms with Crippen molar-refractivity contribution in [1.82, 2.24) is 15.4 Å². The zero-order valence-corrected chi connectivity index (χ0v) is 14.9. The molecule has 2 aromatic rings. The van der Waals surface area contributed by atoms with Crippen molar-refractivity contribution in [1.29, 1.82) is 0 Å². The molecule has 0 aliphatic heterocycles. The average molecular weight is 346 g/mol. The Hall–Kier alpha value is -2.40. The highest BCUT2D eigenvalue weighted by molar-refractivity contribution is 6.33. The molecular weight excluding hydrogens is 326 g/mol. The highest BCUT2D eigenvalue weighted by Crippen LogP contribution is 2.21. The predicted molar refractivity (Wildman–Crippen MR) is 93.8 cm³/mol. The van der Waals surface area contributed by atoms with E-state index in [4.69, 9.17) is 11.6 Å². The normalized spacial score (nSPS) is 11.0. The van der Waals surface area contributed by atoms with Crippen LogP contribution in [0.5, 0.6) is 0 Å². The van der Waals surface area contributed by atoms with Crippen LogP contribution >= 0.6 is 11.6 Å². The van der Waals surface area contributed by atoms with Gasteiger partial charge in [-0.25, -0.2) is 5.01 Å². The first-order valence-electron chi connectivity index (χ1n) is 7.53. The lowest BCUT2D eigenvalue weighted by molar-refractivity contribution is 0.0358. The maximum Gasteiger partial charge on any atom is 0.274 e. The van der Waals surface area contributed by atoms with Gasteiger partial charge in [0.15, 0.2) is 0 Å². The van der Waals surface area contributed by atoms with E-state index in [1.807, 2.05) is 20.8 Å². The molecule has 1 aromatic carbocycles. The third-order valence-corrected chi connectivity index (χ3v) is 3.68. The lowest BCUT2D eigenvalue weighted by Gasteiger charge is -2.35. The lowest BCUT2D eigenvalue weighted by atomic mass is 10.1. The molecule has 6 heteroatoms. The summed E-state index contributed by atoms with van der Waals surface area (Å²) in [5.74, 6) is -0.747. The molecule has 0 fully saturated rings. The Kier molecular flexibility index (Phi) is 5.24. The molecular formula is C18H20ClN3O2. The highest BCUT2D eigenvalue weighted by atomic mass is 35.5. The summed E-state index contributed by atoms with van der Waals surface area (Å²) in [5, 5.41) is 1.64. The van der Waals surface area contributed by atoms with Crippen LogP contribution in [-0.2, 0) is 0 Å². The van der Waals surface area contributed by atoms with Crippen molar-refractivity contribution in [2.45, 2.75) is 33.2 Å². The molecule has 126 valence electrons. The molecule has 24 heavy (non-hydrogen) atoms. The van der Waals surface area contributed by atoms with Gasteiger partial charge in [0.25, 0.3) is 11.8 Å². The molecule has 0 aliphatic carbocycles. The number of hydrazine groups is 1. The summed E-state index contributed by atoms with van der Waals surface area (Å²) in [6.45, 7) is 7.30. The topological polar surface area (TPSA) is 62.3 Å². The first kappa shape index (κ1) is 17.9. The molecule has 2 rings (SSSR count). The van der Waals surface area contributed by atoms with Gasteiger partial charge >= 0.3 is 0 Å². The standard InChI is InChI=1S/C18H20ClN3O2/c1-12-11-13(9-10-20-12)16(23)21-22(18(2,3)4)17(24)14-7-5-6-8-15(14)19/h5-11H,1-4H3,(H,21,23). The van der Waals surface area contributed by atoms with Crippen molar-refractivity contribution in [2.24, 2.45) is 0 Å². The second-order valence-electron chi connectivity index (χ2n) is 6.42. The first-order chi connectivity index (χ1) is 11.2. The Morgan fingerprint density at radius 2 is 1.83 bits per heavy atom. The SMILES string of the molecule is Cc1cc(C(=O)NN(C(=O)c2ccccc2Cl)C(C)(C)C)ccn1. The van der Waals surface area contributed by atoms with Crippen molar-refractivity contribution in [3.05, 3.63) is 64.4 Å². The van der Waals surface area contributed by atoms with Crippen LogP contribution in [0.1, 0.15) is 47.2 Å². The minimum absolute atomic E-state index is 0.334. The van der Waals surface area contributed by atoms with E-state index >= 15 is 0 Å². The van der Waals surface area contributed by atoms with Crippen molar-refractivity contribution in [2.75, 3.05) is 0 Å². The number of rotatable bonds is 2. The van der Waals surface area contributed by atoms with E-state index in [1.165, 1.54) is 5.01 Å². The van der Waals surface area contributed by atoms with Crippen LogP contribution in [0.25, 0.3) is 0 Å². The average Bonchev–Trinajstić information content (AvgIpc) is 2.51. The van der Waals surface area contributed by atoms with E-state index in [1.54, 1.807) is 49.5 Å². The molecule has 0 unspecified atom stereocenters. The van der Waals surface area contributed by atoms with Gasteiger partial charge in [0, 0.05) is 17.5 Å². The van der Waals surface area contributed by atoms with E-state index in [0.29, 0.717) is 16.1 Å². The number of aromatic nitrogens is 1. The van der Waals surface area contributed by atoms with Crippen molar-refractivity contribution in [3.63, 3.8) is 0 Å². The van der Waals surface area contributed by atoms with E-state index in [2.05, 4.69) is 10.4 Å². The van der Waals surface area contributed by atoms with Gasteiger partial charge < -0.3 is 0 Å². The Morgan fingerprint density at radius 3 is 2.42 bits per heavy atom. The molecule has 0 spiro atoms. The number of amides is 2. The molecule has 5 nitrogen and oxygen atoms in total. The van der Waals surface area contributed by atoms with Gasteiger partial charge in [-0.15, -0.1) is 0 Å². The fourth-order valence-corrected chi connectivity index (χ4v) is 2.35. The van der Waals surface area contributed by atoms with Gasteiger partial charge in [-0.2, -0.15) is 0 Å². The number of carbonyl (C=O) groups is 2. The zero-order valence-electron chi connectivity index (χ0n) is 14.1. The summed E-state index contributed by atoms with van der Waals surface area (Å²) in [5.41, 5.74) is 3.55. The molecule has 2 amide bonds. The number of carbonyl (C=O) groups excluding carboxylic acids is 2. The maximum atomic E-state index is 12.9. The third kappa shape index (κ3) is 4.11. The smallest absolute Gasteiger partial charge is 0.267 e. The quantitative estimate of drug-likeness (QED) is 0.845. The second kappa shape index (κ2) is 7.01. The van der Waals surface area contributed by atoms with Crippen LogP contribution in [0.3, 0.4) is 0 Å². The maximum absolute atomic E-state index is 12.9. The van der Waals surface area contributed by atoms with Crippen molar-refractivity contribution in [3.8, 4) is 0 Å². The van der Waals surface area contributed by atoms with Crippen molar-refractivity contribution < 1.29 is 9.59 Å². The lowest BCUT2D eigenvalue weighted by Crippen LogP contribution is -2.56. The zero-order chi connectivity index (χ0) is 17.9. The van der Waals surface area contributed by atoms with Crippen LogP contribution in [0, 0.1) is 6.92 Å². The monoisotopic (exact) mass is 345 g/mol. The van der Waals surface area contributed by atoms with Gasteiger partial charge in [-0.3, -0.25) is 20.0 Å². The molecule has 0 saturated heterocycles. The number of halogens is 1. The summed E-state index contributed by atoms with van der Waals surface area (Å²) < 4.78 is 0. The highest BCUT2D eigenvalue weighted by Gasteiger charge is 2.30.